The molecule has 1 amide bonds. The fourth-order valence-electron chi connectivity index (χ4n) is 3.58. The van der Waals surface area contributed by atoms with E-state index in [-0.39, 0.29) is 5.91 Å². The Morgan fingerprint density at radius 3 is 2.67 bits per heavy atom. The minimum absolute atomic E-state index is 0.0760. The smallest absolute Gasteiger partial charge is 0.251 e. The molecule has 0 saturated carbocycles. The molecule has 0 fully saturated rings. The second-order valence-electron chi connectivity index (χ2n) is 7.10. The molecule has 1 aliphatic rings. The summed E-state index contributed by atoms with van der Waals surface area (Å²) in [5.41, 5.74) is 2.78. The quantitative estimate of drug-likeness (QED) is 0.544. The second-order valence-corrected chi connectivity index (χ2v) is 7.51. The fraction of sp³-hybridized carbons (Fsp3) is 0.375. The third kappa shape index (κ3) is 5.15. The number of methoxy groups -OCH3 is 1. The van der Waals surface area contributed by atoms with Crippen molar-refractivity contribution in [3.05, 3.63) is 58.6 Å². The molecular formula is C24H29ClN2O3. The van der Waals surface area contributed by atoms with Gasteiger partial charge in [0.15, 0.2) is 11.5 Å². The van der Waals surface area contributed by atoms with E-state index in [2.05, 4.69) is 18.7 Å². The minimum Gasteiger partial charge on any atom is -0.493 e. The molecule has 5 nitrogen and oxygen atoms in total. The van der Waals surface area contributed by atoms with Gasteiger partial charge in [-0.1, -0.05) is 43.6 Å². The Labute approximate surface area is 183 Å². The molecule has 0 unspecified atom stereocenters. The molecule has 2 aromatic rings. The van der Waals surface area contributed by atoms with Gasteiger partial charge >= 0.3 is 0 Å². The molecule has 160 valence electrons. The molecule has 0 bridgehead atoms. The first-order valence-electron chi connectivity index (χ1n) is 10.4. The van der Waals surface area contributed by atoms with Gasteiger partial charge in [0.25, 0.3) is 5.91 Å². The molecule has 0 atom stereocenters. The van der Waals surface area contributed by atoms with Crippen molar-refractivity contribution in [3.63, 3.8) is 0 Å². The highest BCUT2D eigenvalue weighted by Gasteiger charge is 2.26. The molecule has 30 heavy (non-hydrogen) atoms. The van der Waals surface area contributed by atoms with Crippen LogP contribution in [0.1, 0.15) is 25.0 Å². The molecule has 2 aromatic carbocycles. The standard InChI is InChI=1S/C24H29ClN2O3/c1-4-26(5-2)14-15-30-23-17-21-19(16-22(23)29-3)12-13-27(21)24(28)11-10-18-8-6-7-9-20(18)25/h6-11,16-17H,4-5,12-15H2,1-3H3/b11-10+. The van der Waals surface area contributed by atoms with E-state index in [1.807, 2.05) is 36.4 Å². The molecule has 0 aliphatic carbocycles. The summed E-state index contributed by atoms with van der Waals surface area (Å²) in [6.07, 6.45) is 4.12. The highest BCUT2D eigenvalue weighted by molar-refractivity contribution is 6.32. The molecule has 1 heterocycles. The van der Waals surface area contributed by atoms with Crippen molar-refractivity contribution < 1.29 is 14.3 Å². The summed E-state index contributed by atoms with van der Waals surface area (Å²) in [6.45, 7) is 8.29. The summed E-state index contributed by atoms with van der Waals surface area (Å²) in [5.74, 6) is 1.29. The molecule has 0 spiro atoms. The number of benzene rings is 2. The Bertz CT molecular complexity index is 909. The minimum atomic E-state index is -0.0760. The van der Waals surface area contributed by atoms with Gasteiger partial charge in [-0.3, -0.25) is 4.79 Å². The average molecular weight is 429 g/mol. The van der Waals surface area contributed by atoms with Gasteiger partial charge in [0, 0.05) is 30.3 Å². The SMILES string of the molecule is CCN(CC)CCOc1cc2c(cc1OC)CCN2C(=O)/C=C/c1ccccc1Cl. The predicted molar refractivity (Wildman–Crippen MR) is 123 cm³/mol. The summed E-state index contributed by atoms with van der Waals surface area (Å²) >= 11 is 6.18. The zero-order valence-corrected chi connectivity index (χ0v) is 18.6. The predicted octanol–water partition coefficient (Wildman–Crippen LogP) is 4.67. The van der Waals surface area contributed by atoms with Crippen LogP contribution in [0, 0.1) is 0 Å². The van der Waals surface area contributed by atoms with Crippen LogP contribution in [0.25, 0.3) is 6.08 Å². The van der Waals surface area contributed by atoms with E-state index in [1.165, 1.54) is 0 Å². The number of halogens is 1. The van der Waals surface area contributed by atoms with Gasteiger partial charge in [-0.2, -0.15) is 0 Å². The van der Waals surface area contributed by atoms with Crippen LogP contribution in [-0.2, 0) is 11.2 Å². The van der Waals surface area contributed by atoms with Gasteiger partial charge in [-0.15, -0.1) is 0 Å². The van der Waals surface area contributed by atoms with E-state index in [0.29, 0.717) is 29.7 Å². The van der Waals surface area contributed by atoms with Gasteiger partial charge in [0.1, 0.15) is 6.61 Å². The van der Waals surface area contributed by atoms with Crippen molar-refractivity contribution in [2.24, 2.45) is 0 Å². The number of fused-ring (bicyclic) bond motifs is 1. The van der Waals surface area contributed by atoms with E-state index in [0.717, 1.165) is 42.9 Å². The molecular weight excluding hydrogens is 400 g/mol. The monoisotopic (exact) mass is 428 g/mol. The highest BCUT2D eigenvalue weighted by atomic mass is 35.5. The lowest BCUT2D eigenvalue weighted by atomic mass is 10.1. The molecule has 0 aromatic heterocycles. The van der Waals surface area contributed by atoms with E-state index >= 15 is 0 Å². The number of hydrogen-bond acceptors (Lipinski definition) is 4. The summed E-state index contributed by atoms with van der Waals surface area (Å²) in [4.78, 5) is 16.9. The average Bonchev–Trinajstić information content (AvgIpc) is 3.18. The number of amides is 1. The first-order valence-corrected chi connectivity index (χ1v) is 10.7. The lowest BCUT2D eigenvalue weighted by molar-refractivity contribution is -0.114. The summed E-state index contributed by atoms with van der Waals surface area (Å²) in [5, 5.41) is 0.622. The largest absolute Gasteiger partial charge is 0.493 e. The number of hydrogen-bond donors (Lipinski definition) is 0. The van der Waals surface area contributed by atoms with Crippen LogP contribution in [0.5, 0.6) is 11.5 Å². The number of anilines is 1. The summed E-state index contributed by atoms with van der Waals surface area (Å²) in [6, 6.07) is 11.4. The number of ether oxygens (including phenoxy) is 2. The Morgan fingerprint density at radius 1 is 1.20 bits per heavy atom. The fourth-order valence-corrected chi connectivity index (χ4v) is 3.78. The van der Waals surface area contributed by atoms with Crippen molar-refractivity contribution in [1.82, 2.24) is 4.90 Å². The van der Waals surface area contributed by atoms with E-state index in [9.17, 15) is 4.79 Å². The van der Waals surface area contributed by atoms with Gasteiger partial charge < -0.3 is 19.3 Å². The number of likely N-dealkylation sites (N-methyl/N-ethyl adjacent to an activating group) is 1. The third-order valence-corrected chi connectivity index (χ3v) is 5.74. The van der Waals surface area contributed by atoms with Gasteiger partial charge in [0.05, 0.1) is 12.8 Å². The lowest BCUT2D eigenvalue weighted by Crippen LogP contribution is -2.28. The van der Waals surface area contributed by atoms with E-state index in [4.69, 9.17) is 21.1 Å². The second kappa shape index (κ2) is 10.5. The Kier molecular flexibility index (Phi) is 7.77. The van der Waals surface area contributed by atoms with Crippen LogP contribution >= 0.6 is 11.6 Å². The maximum atomic E-state index is 12.9. The first-order chi connectivity index (χ1) is 14.6. The highest BCUT2D eigenvalue weighted by Crippen LogP contribution is 2.39. The van der Waals surface area contributed by atoms with Crippen molar-refractivity contribution in [2.45, 2.75) is 20.3 Å². The maximum absolute atomic E-state index is 12.9. The third-order valence-electron chi connectivity index (χ3n) is 5.40. The van der Waals surface area contributed by atoms with Crippen molar-refractivity contribution in [3.8, 4) is 11.5 Å². The van der Waals surface area contributed by atoms with Crippen LogP contribution in [-0.4, -0.2) is 50.7 Å². The van der Waals surface area contributed by atoms with Gasteiger partial charge in [-0.25, -0.2) is 0 Å². The van der Waals surface area contributed by atoms with Crippen molar-refractivity contribution in [1.29, 1.82) is 0 Å². The Morgan fingerprint density at radius 2 is 1.97 bits per heavy atom. The van der Waals surface area contributed by atoms with Crippen LogP contribution in [0.2, 0.25) is 5.02 Å². The molecule has 0 radical (unpaired) electrons. The zero-order chi connectivity index (χ0) is 21.5. The van der Waals surface area contributed by atoms with Gasteiger partial charge in [-0.05, 0) is 48.8 Å². The summed E-state index contributed by atoms with van der Waals surface area (Å²) in [7, 11) is 1.64. The van der Waals surface area contributed by atoms with Crippen LogP contribution in [0.3, 0.4) is 0 Å². The van der Waals surface area contributed by atoms with Crippen LogP contribution in [0.4, 0.5) is 5.69 Å². The zero-order valence-electron chi connectivity index (χ0n) is 17.9. The van der Waals surface area contributed by atoms with Crippen LogP contribution < -0.4 is 14.4 Å². The van der Waals surface area contributed by atoms with E-state index in [1.54, 1.807) is 24.2 Å². The van der Waals surface area contributed by atoms with Crippen molar-refractivity contribution >= 4 is 29.3 Å². The number of nitrogens with zero attached hydrogens (tertiary/aromatic N) is 2. The van der Waals surface area contributed by atoms with E-state index < -0.39 is 0 Å². The van der Waals surface area contributed by atoms with Crippen molar-refractivity contribution in [2.75, 3.05) is 44.8 Å². The topological polar surface area (TPSA) is 42.0 Å². The van der Waals surface area contributed by atoms with Crippen LogP contribution in [0.15, 0.2) is 42.5 Å². The lowest BCUT2D eigenvalue weighted by Gasteiger charge is -2.20. The molecule has 6 heteroatoms. The Hall–Kier alpha value is -2.50. The summed E-state index contributed by atoms with van der Waals surface area (Å²) < 4.78 is 11.5. The molecule has 1 aliphatic heterocycles. The number of carbonyl (C=O) groups is 1. The molecule has 3 rings (SSSR count). The normalized spacial score (nSPS) is 13.2. The number of rotatable bonds is 9. The first kappa shape index (κ1) is 22.2. The Balaban J connectivity index is 1.76. The number of carbonyl (C=O) groups excluding carboxylic acids is 1. The molecule has 0 saturated heterocycles. The van der Waals surface area contributed by atoms with Gasteiger partial charge in [0.2, 0.25) is 0 Å². The maximum Gasteiger partial charge on any atom is 0.251 e. The molecule has 0 N–H and O–H groups in total.